The standard InChI is InChI=1S/C40H51FN6O4Si/c1-27(2)11-10-12-28(3)19-23-46-35-17-15-32(47-37(49)18-16-34(43-47)30-13-8-7-9-14-30)25-33(35)40(39(46)50)29(4)38(52(5,6)41)36(51-40)20-22-45-26-31(21-24-48)42-44-45/h7-9,11,13-15,17,19,25-26,29,36,38,48H,10,12,16,18,20-24H2,1-6H3/b28-19+/t29-,36+,38-,40+/m1/s1. The van der Waals surface area contributed by atoms with E-state index in [9.17, 15) is 14.7 Å². The Labute approximate surface area is 307 Å². The number of rotatable bonds is 13. The minimum atomic E-state index is -3.40. The van der Waals surface area contributed by atoms with E-state index >= 15 is 4.11 Å². The number of benzene rings is 2. The molecule has 1 aromatic heterocycles. The molecule has 1 fully saturated rings. The Morgan fingerprint density at radius 1 is 1.10 bits per heavy atom. The Bertz CT molecular complexity index is 1880. The van der Waals surface area contributed by atoms with Crippen molar-refractivity contribution in [2.45, 2.75) is 103 Å². The van der Waals surface area contributed by atoms with Gasteiger partial charge < -0.3 is 18.9 Å². The number of aliphatic hydroxyl groups excluding tert-OH is 1. The minimum absolute atomic E-state index is 0.0275. The Morgan fingerprint density at radius 3 is 2.58 bits per heavy atom. The Hall–Kier alpha value is -4.26. The fraction of sp³-hybridized carbons (Fsp3) is 0.475. The first-order chi connectivity index (χ1) is 24.8. The summed E-state index contributed by atoms with van der Waals surface area (Å²) in [6.45, 7) is 12.3. The summed E-state index contributed by atoms with van der Waals surface area (Å²) in [6, 6.07) is 15.4. The van der Waals surface area contributed by atoms with Gasteiger partial charge in [0.05, 0.1) is 28.9 Å². The van der Waals surface area contributed by atoms with Crippen LogP contribution < -0.4 is 9.91 Å². The van der Waals surface area contributed by atoms with Crippen LogP contribution in [-0.2, 0) is 32.9 Å². The topological polar surface area (TPSA) is 113 Å². The number of hydrazone groups is 1. The highest BCUT2D eigenvalue weighted by Crippen LogP contribution is 2.60. The molecular weight excluding hydrogens is 676 g/mol. The summed E-state index contributed by atoms with van der Waals surface area (Å²) in [5, 5.41) is 23.9. The predicted molar refractivity (Wildman–Crippen MR) is 204 cm³/mol. The number of aromatic nitrogens is 3. The zero-order valence-corrected chi connectivity index (χ0v) is 32.2. The number of aryl methyl sites for hydroxylation is 1. The number of allylic oxidation sites excluding steroid dienone is 3. The van der Waals surface area contributed by atoms with Gasteiger partial charge in [0.2, 0.25) is 14.3 Å². The SMILES string of the molecule is CC(C)=CCC/C(C)=C/CN1C(=O)[C@@]2(O[C@@H](CCn3cc(CCO)nn3)[C@H]([Si](C)(C)F)[C@H]2C)c2cc(N3N=C(c4ccccc4)CCC3=O)ccc21. The van der Waals surface area contributed by atoms with Crippen molar-refractivity contribution in [3.8, 4) is 0 Å². The average Bonchev–Trinajstić information content (AvgIpc) is 3.76. The number of fused-ring (bicyclic) bond motifs is 2. The average molecular weight is 727 g/mol. The number of aliphatic hydroxyl groups is 1. The second-order valence-corrected chi connectivity index (χ2v) is 18.9. The van der Waals surface area contributed by atoms with Crippen molar-refractivity contribution >= 4 is 37.3 Å². The van der Waals surface area contributed by atoms with E-state index in [1.807, 2.05) is 55.5 Å². The van der Waals surface area contributed by atoms with Gasteiger partial charge in [0.1, 0.15) is 0 Å². The van der Waals surface area contributed by atoms with Gasteiger partial charge in [-0.2, -0.15) is 5.10 Å². The van der Waals surface area contributed by atoms with Crippen LogP contribution >= 0.6 is 0 Å². The number of carbonyl (C=O) groups is 2. The Morgan fingerprint density at radius 2 is 1.87 bits per heavy atom. The van der Waals surface area contributed by atoms with Gasteiger partial charge in [-0.3, -0.25) is 14.3 Å². The molecule has 6 rings (SSSR count). The summed E-state index contributed by atoms with van der Waals surface area (Å²) in [4.78, 5) is 30.1. The molecule has 2 amide bonds. The van der Waals surface area contributed by atoms with Crippen molar-refractivity contribution in [2.24, 2.45) is 11.0 Å². The minimum Gasteiger partial charge on any atom is -0.396 e. The lowest BCUT2D eigenvalue weighted by Gasteiger charge is -2.31. The molecule has 276 valence electrons. The zero-order valence-electron chi connectivity index (χ0n) is 31.2. The van der Waals surface area contributed by atoms with Gasteiger partial charge in [-0.1, -0.05) is 65.8 Å². The third kappa shape index (κ3) is 7.46. The van der Waals surface area contributed by atoms with Crippen molar-refractivity contribution in [3.05, 3.63) is 94.8 Å². The third-order valence-electron chi connectivity index (χ3n) is 10.6. The number of carbonyl (C=O) groups excluding carboxylic acids is 2. The maximum Gasteiger partial charge on any atom is 0.264 e. The molecule has 4 atom stereocenters. The molecule has 1 saturated heterocycles. The van der Waals surface area contributed by atoms with E-state index in [4.69, 9.17) is 9.84 Å². The van der Waals surface area contributed by atoms with Gasteiger partial charge in [0, 0.05) is 62.2 Å². The Kier molecular flexibility index (Phi) is 11.1. The molecule has 1 spiro atoms. The van der Waals surface area contributed by atoms with E-state index in [0.717, 1.165) is 24.1 Å². The highest BCUT2D eigenvalue weighted by atomic mass is 28.4. The van der Waals surface area contributed by atoms with Gasteiger partial charge in [0.15, 0.2) is 5.60 Å². The summed E-state index contributed by atoms with van der Waals surface area (Å²) in [6.07, 6.45) is 8.99. The second-order valence-electron chi connectivity index (χ2n) is 15.1. The van der Waals surface area contributed by atoms with Gasteiger partial charge >= 0.3 is 0 Å². The normalized spacial score (nSPS) is 23.4. The van der Waals surface area contributed by atoms with E-state index < -0.39 is 31.6 Å². The van der Waals surface area contributed by atoms with Crippen molar-refractivity contribution in [1.29, 1.82) is 0 Å². The summed E-state index contributed by atoms with van der Waals surface area (Å²) in [5.41, 5.74) is 4.84. The van der Waals surface area contributed by atoms with Crippen LogP contribution in [0, 0.1) is 5.92 Å². The molecule has 2 aromatic carbocycles. The molecule has 12 heteroatoms. The fourth-order valence-corrected chi connectivity index (χ4v) is 10.6. The largest absolute Gasteiger partial charge is 0.396 e. The maximum absolute atomic E-state index is 16.5. The number of nitrogens with zero attached hydrogens (tertiary/aromatic N) is 6. The van der Waals surface area contributed by atoms with E-state index in [1.165, 1.54) is 16.2 Å². The monoisotopic (exact) mass is 726 g/mol. The van der Waals surface area contributed by atoms with Crippen LogP contribution in [0.5, 0.6) is 0 Å². The molecule has 3 aliphatic rings. The van der Waals surface area contributed by atoms with Gasteiger partial charge in [-0.05, 0) is 76.9 Å². The summed E-state index contributed by atoms with van der Waals surface area (Å²) in [7, 11) is -3.40. The molecular formula is C40H51FN6O4Si. The van der Waals surface area contributed by atoms with Crippen LogP contribution in [-0.4, -0.2) is 65.3 Å². The molecule has 1 N–H and O–H groups in total. The van der Waals surface area contributed by atoms with Crippen LogP contribution in [0.15, 0.2) is 83.1 Å². The van der Waals surface area contributed by atoms with Crippen LogP contribution in [0.4, 0.5) is 15.5 Å². The van der Waals surface area contributed by atoms with Crippen molar-refractivity contribution < 1.29 is 23.5 Å². The summed E-state index contributed by atoms with van der Waals surface area (Å²) in [5.74, 6) is -0.832. The second kappa shape index (κ2) is 15.4. The van der Waals surface area contributed by atoms with Crippen molar-refractivity contribution in [2.75, 3.05) is 23.1 Å². The number of anilines is 2. The highest BCUT2D eigenvalue weighted by Gasteiger charge is 2.66. The number of ether oxygens (including phenoxy) is 1. The zero-order chi connectivity index (χ0) is 37.2. The van der Waals surface area contributed by atoms with Crippen molar-refractivity contribution in [1.82, 2.24) is 15.0 Å². The van der Waals surface area contributed by atoms with E-state index in [1.54, 1.807) is 28.9 Å². The molecule has 4 heterocycles. The van der Waals surface area contributed by atoms with Crippen molar-refractivity contribution in [3.63, 3.8) is 0 Å². The molecule has 52 heavy (non-hydrogen) atoms. The predicted octanol–water partition coefficient (Wildman–Crippen LogP) is 7.25. The lowest BCUT2D eigenvalue weighted by Crippen LogP contribution is -2.45. The molecule has 3 aromatic rings. The van der Waals surface area contributed by atoms with Crippen LogP contribution in [0.25, 0.3) is 0 Å². The van der Waals surface area contributed by atoms with E-state index in [-0.39, 0.29) is 18.4 Å². The Balaban J connectivity index is 1.40. The maximum atomic E-state index is 16.5. The number of hydrogen-bond acceptors (Lipinski definition) is 7. The number of hydrogen-bond donors (Lipinski definition) is 1. The molecule has 3 aliphatic heterocycles. The van der Waals surface area contributed by atoms with Crippen LogP contribution in [0.2, 0.25) is 18.6 Å². The first-order valence-corrected chi connectivity index (χ1v) is 21.4. The quantitative estimate of drug-likeness (QED) is 0.113. The number of halogens is 1. The lowest BCUT2D eigenvalue weighted by atomic mass is 9.82. The molecule has 0 saturated carbocycles. The molecule has 0 radical (unpaired) electrons. The van der Waals surface area contributed by atoms with Gasteiger partial charge in [0.25, 0.3) is 5.91 Å². The smallest absolute Gasteiger partial charge is 0.264 e. The van der Waals surface area contributed by atoms with Crippen LogP contribution in [0.1, 0.15) is 76.6 Å². The fourth-order valence-electron chi connectivity index (χ4n) is 8.08. The molecule has 0 aliphatic carbocycles. The molecule has 0 bridgehead atoms. The summed E-state index contributed by atoms with van der Waals surface area (Å²) >= 11 is 0. The van der Waals surface area contributed by atoms with Gasteiger partial charge in [-0.15, -0.1) is 5.10 Å². The van der Waals surface area contributed by atoms with E-state index in [0.29, 0.717) is 61.4 Å². The summed E-state index contributed by atoms with van der Waals surface area (Å²) < 4.78 is 25.2. The highest BCUT2D eigenvalue weighted by molar-refractivity contribution is 6.72. The molecule has 10 nitrogen and oxygen atoms in total. The van der Waals surface area contributed by atoms with Crippen LogP contribution in [0.3, 0.4) is 0 Å². The lowest BCUT2D eigenvalue weighted by molar-refractivity contribution is -0.145. The third-order valence-corrected chi connectivity index (χ3v) is 13.1. The number of amides is 2. The first-order valence-electron chi connectivity index (χ1n) is 18.4. The van der Waals surface area contributed by atoms with E-state index in [2.05, 4.69) is 43.2 Å². The first kappa shape index (κ1) is 37.5. The molecule has 0 unspecified atom stereocenters. The van der Waals surface area contributed by atoms with Gasteiger partial charge in [-0.25, -0.2) is 5.01 Å².